The van der Waals surface area contributed by atoms with E-state index >= 15 is 0 Å². The lowest BCUT2D eigenvalue weighted by atomic mass is 10.0. The molecule has 2 aromatic carbocycles. The number of thiol groups is 1. The van der Waals surface area contributed by atoms with Crippen molar-refractivity contribution in [3.8, 4) is 0 Å². The molecule has 0 bridgehead atoms. The molecule has 4 atom stereocenters. The Morgan fingerprint density at radius 3 is 1.82 bits per heavy atom. The third-order valence-corrected chi connectivity index (χ3v) is 6.33. The van der Waals surface area contributed by atoms with Crippen LogP contribution in [0.2, 0.25) is 0 Å². The molecular formula is C27H37N7O5S. The van der Waals surface area contributed by atoms with E-state index in [4.69, 9.17) is 16.9 Å². The largest absolute Gasteiger partial charge is 0.480 e. The summed E-state index contributed by atoms with van der Waals surface area (Å²) in [5.74, 6) is -3.53. The van der Waals surface area contributed by atoms with E-state index in [2.05, 4.69) is 33.9 Å². The van der Waals surface area contributed by atoms with E-state index in [0.717, 1.165) is 11.1 Å². The number of rotatable bonds is 16. The predicted octanol–water partition coefficient (Wildman–Crippen LogP) is -0.469. The van der Waals surface area contributed by atoms with Gasteiger partial charge in [0.05, 0.1) is 6.04 Å². The Bertz CT molecular complexity index is 1140. The third kappa shape index (κ3) is 11.3. The van der Waals surface area contributed by atoms with Gasteiger partial charge in [0.2, 0.25) is 17.7 Å². The van der Waals surface area contributed by atoms with Crippen molar-refractivity contribution < 1.29 is 24.3 Å². The van der Waals surface area contributed by atoms with Crippen LogP contribution in [0, 0.1) is 5.41 Å². The SMILES string of the molecule is N=C(N)NCCC[C@H](NC(=O)[C@H](N)Cc1ccccc1)C(=O)N[C@@H](Cc1ccccc1)C(=O)N[C@@H](CS)C(=O)O. The molecule has 13 heteroatoms. The molecule has 0 aliphatic carbocycles. The Balaban J connectivity index is 2.19. The number of nitrogens with one attached hydrogen (secondary N) is 5. The lowest BCUT2D eigenvalue weighted by Gasteiger charge is -2.25. The van der Waals surface area contributed by atoms with E-state index < -0.39 is 47.9 Å². The molecule has 0 radical (unpaired) electrons. The molecule has 0 aliphatic rings. The number of carboxylic acid groups (broad SMARTS) is 1. The average molecular weight is 572 g/mol. The summed E-state index contributed by atoms with van der Waals surface area (Å²) in [7, 11) is 0. The Hall–Kier alpha value is -4.10. The molecule has 2 aromatic rings. The lowest BCUT2D eigenvalue weighted by Crippen LogP contribution is -2.58. The number of benzene rings is 2. The summed E-state index contributed by atoms with van der Waals surface area (Å²) >= 11 is 3.98. The summed E-state index contributed by atoms with van der Waals surface area (Å²) in [6.45, 7) is 0.279. The molecule has 2 rings (SSSR count). The zero-order chi connectivity index (χ0) is 29.5. The summed E-state index contributed by atoms with van der Waals surface area (Å²) in [6.07, 6.45) is 0.857. The molecule has 216 valence electrons. The van der Waals surface area contributed by atoms with Crippen molar-refractivity contribution >= 4 is 42.3 Å². The first-order valence-corrected chi connectivity index (χ1v) is 13.4. The van der Waals surface area contributed by atoms with Gasteiger partial charge in [-0.25, -0.2) is 4.79 Å². The highest BCUT2D eigenvalue weighted by atomic mass is 32.1. The van der Waals surface area contributed by atoms with Crippen LogP contribution in [0.5, 0.6) is 0 Å². The Morgan fingerprint density at radius 1 is 0.800 bits per heavy atom. The minimum atomic E-state index is -1.26. The smallest absolute Gasteiger partial charge is 0.327 e. The number of guanidine groups is 1. The maximum Gasteiger partial charge on any atom is 0.327 e. The Morgan fingerprint density at radius 2 is 1.30 bits per heavy atom. The highest BCUT2D eigenvalue weighted by Crippen LogP contribution is 2.07. The normalized spacial score (nSPS) is 13.7. The summed E-state index contributed by atoms with van der Waals surface area (Å²) in [4.78, 5) is 50.9. The zero-order valence-electron chi connectivity index (χ0n) is 22.0. The molecule has 40 heavy (non-hydrogen) atoms. The maximum absolute atomic E-state index is 13.4. The minimum Gasteiger partial charge on any atom is -0.480 e. The van der Waals surface area contributed by atoms with Gasteiger partial charge in [-0.15, -0.1) is 0 Å². The summed E-state index contributed by atoms with van der Waals surface area (Å²) in [5, 5.41) is 27.0. The molecule has 0 heterocycles. The maximum atomic E-state index is 13.4. The van der Waals surface area contributed by atoms with E-state index in [9.17, 15) is 24.3 Å². The van der Waals surface area contributed by atoms with Gasteiger partial charge in [-0.2, -0.15) is 12.6 Å². The van der Waals surface area contributed by atoms with Gasteiger partial charge in [0.15, 0.2) is 5.96 Å². The summed E-state index contributed by atoms with van der Waals surface area (Å²) in [5.41, 5.74) is 13.0. The standard InChI is InChI=1S/C27H37N7O5S/c28-19(14-17-8-3-1-4-9-17)23(35)32-20(12-7-13-31-27(29)30)24(36)33-21(15-18-10-5-2-6-11-18)25(37)34-22(16-40)26(38)39/h1-6,8-11,19-22,40H,7,12-16,28H2,(H,32,35)(H,33,36)(H,34,37)(H,38,39)(H4,29,30,31)/t19-,20+,21+,22+/m1/s1. The molecule has 0 spiro atoms. The van der Waals surface area contributed by atoms with Crippen LogP contribution in [0.25, 0.3) is 0 Å². The monoisotopic (exact) mass is 571 g/mol. The van der Waals surface area contributed by atoms with Crippen LogP contribution >= 0.6 is 12.6 Å². The fraction of sp³-hybridized carbons (Fsp3) is 0.370. The fourth-order valence-corrected chi connectivity index (χ4v) is 4.07. The van der Waals surface area contributed by atoms with E-state index in [1.807, 2.05) is 30.3 Å². The predicted molar refractivity (Wildman–Crippen MR) is 155 cm³/mol. The zero-order valence-corrected chi connectivity index (χ0v) is 22.9. The molecule has 3 amide bonds. The number of carbonyl (C=O) groups is 4. The van der Waals surface area contributed by atoms with Gasteiger partial charge in [0.1, 0.15) is 18.1 Å². The molecule has 12 nitrogen and oxygen atoms in total. The van der Waals surface area contributed by atoms with Crippen molar-refractivity contribution in [1.82, 2.24) is 21.3 Å². The third-order valence-electron chi connectivity index (χ3n) is 5.97. The fourth-order valence-electron chi connectivity index (χ4n) is 3.83. The molecule has 0 fully saturated rings. The Labute approximate surface area is 238 Å². The second-order valence-electron chi connectivity index (χ2n) is 9.17. The topological polar surface area (TPSA) is 213 Å². The molecule has 10 N–H and O–H groups in total. The van der Waals surface area contributed by atoms with Crippen LogP contribution in [-0.2, 0) is 32.0 Å². The molecule has 0 aromatic heterocycles. The van der Waals surface area contributed by atoms with Crippen molar-refractivity contribution in [2.75, 3.05) is 12.3 Å². The van der Waals surface area contributed by atoms with Crippen LogP contribution in [0.4, 0.5) is 0 Å². The summed E-state index contributed by atoms with van der Waals surface area (Å²) in [6, 6.07) is 13.7. The Kier molecular flexibility index (Phi) is 13.5. The first-order valence-electron chi connectivity index (χ1n) is 12.8. The number of aliphatic carboxylic acids is 1. The van der Waals surface area contributed by atoms with E-state index in [0.29, 0.717) is 6.42 Å². The first kappa shape index (κ1) is 32.1. The van der Waals surface area contributed by atoms with Crippen molar-refractivity contribution in [3.05, 3.63) is 71.8 Å². The number of nitrogens with two attached hydrogens (primary N) is 2. The number of hydrogen-bond donors (Lipinski definition) is 9. The lowest BCUT2D eigenvalue weighted by molar-refractivity contribution is -0.141. The first-order chi connectivity index (χ1) is 19.1. The molecule has 0 aliphatic heterocycles. The van der Waals surface area contributed by atoms with Gasteiger partial charge in [-0.3, -0.25) is 19.8 Å². The van der Waals surface area contributed by atoms with Crippen LogP contribution in [0.1, 0.15) is 24.0 Å². The van der Waals surface area contributed by atoms with Gasteiger partial charge >= 0.3 is 5.97 Å². The van der Waals surface area contributed by atoms with E-state index in [-0.39, 0.29) is 37.5 Å². The average Bonchev–Trinajstić information content (AvgIpc) is 2.93. The van der Waals surface area contributed by atoms with Crippen LogP contribution < -0.4 is 32.7 Å². The van der Waals surface area contributed by atoms with E-state index in [1.54, 1.807) is 30.3 Å². The molecule has 0 saturated carbocycles. The van der Waals surface area contributed by atoms with Crippen LogP contribution in [-0.4, -0.2) is 71.2 Å². The van der Waals surface area contributed by atoms with Gasteiger partial charge in [-0.05, 0) is 30.4 Å². The number of carbonyl (C=O) groups excluding carboxylic acids is 3. The highest BCUT2D eigenvalue weighted by molar-refractivity contribution is 7.80. The van der Waals surface area contributed by atoms with Gasteiger partial charge in [-0.1, -0.05) is 60.7 Å². The summed E-state index contributed by atoms with van der Waals surface area (Å²) < 4.78 is 0. The number of hydrogen-bond acceptors (Lipinski definition) is 7. The highest BCUT2D eigenvalue weighted by Gasteiger charge is 2.30. The number of carboxylic acids is 1. The molecule has 0 unspecified atom stereocenters. The van der Waals surface area contributed by atoms with Crippen LogP contribution in [0.15, 0.2) is 60.7 Å². The second kappa shape index (κ2) is 16.8. The van der Waals surface area contributed by atoms with Gasteiger partial charge in [0, 0.05) is 18.7 Å². The van der Waals surface area contributed by atoms with Crippen molar-refractivity contribution in [3.63, 3.8) is 0 Å². The minimum absolute atomic E-state index is 0.0808. The van der Waals surface area contributed by atoms with Crippen molar-refractivity contribution in [2.24, 2.45) is 11.5 Å². The van der Waals surface area contributed by atoms with Crippen molar-refractivity contribution in [2.45, 2.75) is 49.9 Å². The van der Waals surface area contributed by atoms with Crippen molar-refractivity contribution in [1.29, 1.82) is 5.41 Å². The van der Waals surface area contributed by atoms with Gasteiger partial charge < -0.3 is 37.8 Å². The van der Waals surface area contributed by atoms with Gasteiger partial charge in [0.25, 0.3) is 0 Å². The molecule has 0 saturated heterocycles. The number of amides is 3. The van der Waals surface area contributed by atoms with Crippen LogP contribution in [0.3, 0.4) is 0 Å². The second-order valence-corrected chi connectivity index (χ2v) is 9.54. The van der Waals surface area contributed by atoms with E-state index in [1.165, 1.54) is 0 Å². The quantitative estimate of drug-likeness (QED) is 0.0555. The molecular weight excluding hydrogens is 534 g/mol.